The minimum Gasteiger partial charge on any atom is -0.291 e. The number of amides is 1. The summed E-state index contributed by atoms with van der Waals surface area (Å²) in [6, 6.07) is 3.88. The Kier molecular flexibility index (Phi) is 4.56. The highest BCUT2D eigenvalue weighted by molar-refractivity contribution is 5.93. The van der Waals surface area contributed by atoms with E-state index in [-0.39, 0.29) is 17.4 Å². The maximum atomic E-state index is 14.8. The smallest absolute Gasteiger partial charge is 0.274 e. The molecule has 1 spiro atoms. The molecule has 142 valence electrons. The SMILES string of the molecule is C[C@H]1Cc2cc(C(=O)NO)cc(F)c2[C@H](C)N1C1CC2(CCCCC2)C1. The molecule has 4 rings (SSSR count). The zero-order chi connectivity index (χ0) is 18.5. The van der Waals surface area contributed by atoms with Crippen molar-refractivity contribution in [1.82, 2.24) is 10.4 Å². The van der Waals surface area contributed by atoms with Crippen LogP contribution in [-0.2, 0) is 6.42 Å². The normalized spacial score (nSPS) is 28.5. The Morgan fingerprint density at radius 3 is 2.58 bits per heavy atom. The minimum atomic E-state index is -0.660. The average Bonchev–Trinajstić information content (AvgIpc) is 2.59. The van der Waals surface area contributed by atoms with Crippen LogP contribution >= 0.6 is 0 Å². The van der Waals surface area contributed by atoms with Crippen molar-refractivity contribution in [3.05, 3.63) is 34.6 Å². The van der Waals surface area contributed by atoms with E-state index < -0.39 is 5.91 Å². The summed E-state index contributed by atoms with van der Waals surface area (Å²) in [6.45, 7) is 4.30. The van der Waals surface area contributed by atoms with Gasteiger partial charge >= 0.3 is 0 Å². The van der Waals surface area contributed by atoms with Crippen LogP contribution in [0.25, 0.3) is 0 Å². The van der Waals surface area contributed by atoms with E-state index >= 15 is 0 Å². The molecule has 2 aliphatic carbocycles. The van der Waals surface area contributed by atoms with E-state index in [0.29, 0.717) is 17.5 Å². The van der Waals surface area contributed by atoms with Crippen LogP contribution in [0.3, 0.4) is 0 Å². The van der Waals surface area contributed by atoms with Gasteiger partial charge in [0.1, 0.15) is 5.82 Å². The first-order chi connectivity index (χ1) is 12.4. The van der Waals surface area contributed by atoms with Gasteiger partial charge < -0.3 is 0 Å². The van der Waals surface area contributed by atoms with Crippen molar-refractivity contribution in [1.29, 1.82) is 0 Å². The van der Waals surface area contributed by atoms with E-state index in [2.05, 4.69) is 18.7 Å². The Balaban J connectivity index is 1.57. The number of rotatable bonds is 2. The number of fused-ring (bicyclic) bond motifs is 1. The van der Waals surface area contributed by atoms with Crippen molar-refractivity contribution in [2.24, 2.45) is 5.41 Å². The Hall–Kier alpha value is -1.46. The molecule has 1 aromatic rings. The molecule has 2 saturated carbocycles. The molecule has 4 nitrogen and oxygen atoms in total. The molecule has 1 aromatic carbocycles. The predicted octanol–water partition coefficient (Wildman–Crippen LogP) is 4.37. The summed E-state index contributed by atoms with van der Waals surface area (Å²) >= 11 is 0. The average molecular weight is 360 g/mol. The number of hydrogen-bond donors (Lipinski definition) is 2. The van der Waals surface area contributed by atoms with Gasteiger partial charge in [0.25, 0.3) is 5.91 Å². The highest BCUT2D eigenvalue weighted by Crippen LogP contribution is 2.55. The summed E-state index contributed by atoms with van der Waals surface area (Å²) in [5.74, 6) is -0.995. The fourth-order valence-corrected chi connectivity index (χ4v) is 6.00. The van der Waals surface area contributed by atoms with Gasteiger partial charge in [-0.15, -0.1) is 0 Å². The molecule has 5 heteroatoms. The maximum absolute atomic E-state index is 14.8. The monoisotopic (exact) mass is 360 g/mol. The van der Waals surface area contributed by atoms with Crippen LogP contribution in [-0.4, -0.2) is 28.1 Å². The van der Waals surface area contributed by atoms with E-state index in [0.717, 1.165) is 17.5 Å². The second-order valence-electron chi connectivity index (χ2n) is 8.77. The molecule has 1 amide bonds. The second-order valence-corrected chi connectivity index (χ2v) is 8.77. The second kappa shape index (κ2) is 6.61. The highest BCUT2D eigenvalue weighted by Gasteiger charge is 2.49. The van der Waals surface area contributed by atoms with Crippen molar-refractivity contribution >= 4 is 5.91 Å². The summed E-state index contributed by atoms with van der Waals surface area (Å²) in [4.78, 5) is 14.2. The summed E-state index contributed by atoms with van der Waals surface area (Å²) in [6.07, 6.45) is 10.1. The van der Waals surface area contributed by atoms with Crippen molar-refractivity contribution in [2.75, 3.05) is 0 Å². The number of benzene rings is 1. The number of nitrogens with zero attached hydrogens (tertiary/aromatic N) is 1. The van der Waals surface area contributed by atoms with Crippen LogP contribution < -0.4 is 5.48 Å². The number of nitrogens with one attached hydrogen (secondary N) is 1. The quantitative estimate of drug-likeness (QED) is 0.608. The minimum absolute atomic E-state index is 0.0194. The number of hydrogen-bond acceptors (Lipinski definition) is 3. The van der Waals surface area contributed by atoms with E-state index in [4.69, 9.17) is 5.21 Å². The van der Waals surface area contributed by atoms with Crippen molar-refractivity contribution in [3.8, 4) is 0 Å². The first-order valence-corrected chi connectivity index (χ1v) is 9.98. The molecule has 2 N–H and O–H groups in total. The molecule has 0 saturated heterocycles. The molecule has 26 heavy (non-hydrogen) atoms. The third-order valence-corrected chi connectivity index (χ3v) is 7.14. The summed E-state index contributed by atoms with van der Waals surface area (Å²) < 4.78 is 14.8. The van der Waals surface area contributed by atoms with Gasteiger partial charge in [0.05, 0.1) is 0 Å². The van der Waals surface area contributed by atoms with Crippen LogP contribution in [0.15, 0.2) is 12.1 Å². The molecule has 0 radical (unpaired) electrons. The molecule has 2 atom stereocenters. The maximum Gasteiger partial charge on any atom is 0.274 e. The van der Waals surface area contributed by atoms with Gasteiger partial charge in [0.15, 0.2) is 0 Å². The van der Waals surface area contributed by atoms with Crippen molar-refractivity contribution < 1.29 is 14.4 Å². The summed E-state index contributed by atoms with van der Waals surface area (Å²) in [7, 11) is 0. The van der Waals surface area contributed by atoms with E-state index in [1.807, 2.05) is 0 Å². The van der Waals surface area contributed by atoms with Crippen LogP contribution in [0.4, 0.5) is 4.39 Å². The van der Waals surface area contributed by atoms with Gasteiger partial charge in [-0.2, -0.15) is 0 Å². The first kappa shape index (κ1) is 17.9. The van der Waals surface area contributed by atoms with E-state index in [1.165, 1.54) is 51.0 Å². The molecular weight excluding hydrogens is 331 g/mol. The molecule has 0 unspecified atom stereocenters. The van der Waals surface area contributed by atoms with E-state index in [9.17, 15) is 9.18 Å². The van der Waals surface area contributed by atoms with Gasteiger partial charge in [-0.25, -0.2) is 9.87 Å². The lowest BCUT2D eigenvalue weighted by atomic mass is 9.57. The Bertz CT molecular complexity index is 706. The van der Waals surface area contributed by atoms with E-state index in [1.54, 1.807) is 11.5 Å². The number of carbonyl (C=O) groups is 1. The van der Waals surface area contributed by atoms with Crippen LogP contribution in [0.5, 0.6) is 0 Å². The topological polar surface area (TPSA) is 52.6 Å². The standard InChI is InChI=1S/C21H29FN2O2/c1-13-8-15-9-16(20(25)23-26)10-18(22)19(15)14(2)24(13)17-11-21(12-17)6-4-3-5-7-21/h9-10,13-14,17,26H,3-8,11-12H2,1-2H3,(H,23,25)/t13-,14-/m0/s1. The first-order valence-electron chi connectivity index (χ1n) is 9.98. The molecule has 1 heterocycles. The van der Waals surface area contributed by atoms with Gasteiger partial charge in [0, 0.05) is 29.3 Å². The van der Waals surface area contributed by atoms with Crippen LogP contribution in [0.2, 0.25) is 0 Å². The molecule has 2 fully saturated rings. The third-order valence-electron chi connectivity index (χ3n) is 7.14. The fraction of sp³-hybridized carbons (Fsp3) is 0.667. The number of hydroxylamine groups is 1. The Morgan fingerprint density at radius 1 is 1.23 bits per heavy atom. The lowest BCUT2D eigenvalue weighted by Gasteiger charge is -2.57. The highest BCUT2D eigenvalue weighted by atomic mass is 19.1. The Morgan fingerprint density at radius 2 is 1.92 bits per heavy atom. The zero-order valence-corrected chi connectivity index (χ0v) is 15.7. The molecular formula is C21H29FN2O2. The van der Waals surface area contributed by atoms with Crippen molar-refractivity contribution in [3.63, 3.8) is 0 Å². The fourth-order valence-electron chi connectivity index (χ4n) is 6.00. The zero-order valence-electron chi connectivity index (χ0n) is 15.7. The van der Waals surface area contributed by atoms with Gasteiger partial charge in [-0.3, -0.25) is 14.9 Å². The van der Waals surface area contributed by atoms with Gasteiger partial charge in [-0.1, -0.05) is 19.3 Å². The summed E-state index contributed by atoms with van der Waals surface area (Å²) in [5, 5.41) is 8.83. The summed E-state index contributed by atoms with van der Waals surface area (Å²) in [5.41, 5.74) is 3.96. The molecule has 3 aliphatic rings. The van der Waals surface area contributed by atoms with Crippen LogP contribution in [0, 0.1) is 11.2 Å². The molecule has 1 aliphatic heterocycles. The van der Waals surface area contributed by atoms with Gasteiger partial charge in [-0.05, 0) is 69.1 Å². The van der Waals surface area contributed by atoms with Crippen molar-refractivity contribution in [2.45, 2.75) is 83.3 Å². The third kappa shape index (κ3) is 2.85. The molecule has 0 aromatic heterocycles. The predicted molar refractivity (Wildman–Crippen MR) is 97.6 cm³/mol. The lowest BCUT2D eigenvalue weighted by molar-refractivity contribution is -0.0616. The Labute approximate surface area is 154 Å². The van der Waals surface area contributed by atoms with Gasteiger partial charge in [0.2, 0.25) is 0 Å². The largest absolute Gasteiger partial charge is 0.291 e. The number of halogens is 1. The molecule has 0 bridgehead atoms. The number of carbonyl (C=O) groups excluding carboxylic acids is 1. The van der Waals surface area contributed by atoms with Crippen LogP contribution in [0.1, 0.15) is 86.3 Å². The lowest BCUT2D eigenvalue weighted by Crippen LogP contribution is -2.56.